The number of anilines is 1. The highest BCUT2D eigenvalue weighted by atomic mass is 32.1. The summed E-state index contributed by atoms with van der Waals surface area (Å²) in [5.41, 5.74) is 3.61. The van der Waals surface area contributed by atoms with Crippen molar-refractivity contribution in [2.45, 2.75) is 20.8 Å². The maximum atomic E-state index is 5.21. The predicted molar refractivity (Wildman–Crippen MR) is 68.6 cm³/mol. The second kappa shape index (κ2) is 5.71. The van der Waals surface area contributed by atoms with Crippen LogP contribution in [0.25, 0.3) is 0 Å². The first kappa shape index (κ1) is 12.0. The first-order valence-corrected chi connectivity index (χ1v) is 5.51. The summed E-state index contributed by atoms with van der Waals surface area (Å²) >= 11 is 5.05. The lowest BCUT2D eigenvalue weighted by Gasteiger charge is -2.12. The van der Waals surface area contributed by atoms with E-state index in [0.717, 1.165) is 5.69 Å². The van der Waals surface area contributed by atoms with Crippen LogP contribution in [0.2, 0.25) is 0 Å². The Morgan fingerprint density at radius 2 is 1.93 bits per heavy atom. The highest BCUT2D eigenvalue weighted by molar-refractivity contribution is 7.80. The fraction of sp³-hybridized carbons (Fsp3) is 0.417. The van der Waals surface area contributed by atoms with Gasteiger partial charge in [0.15, 0.2) is 5.05 Å². The number of ether oxygens (including phenoxy) is 1. The molecule has 0 bridgehead atoms. The molecule has 2 nitrogen and oxygen atoms in total. The number of hydrogen-bond acceptors (Lipinski definition) is 3. The van der Waals surface area contributed by atoms with E-state index in [9.17, 15) is 0 Å². The van der Waals surface area contributed by atoms with Crippen LogP contribution >= 0.6 is 12.2 Å². The van der Waals surface area contributed by atoms with Gasteiger partial charge in [0, 0.05) is 5.69 Å². The van der Waals surface area contributed by atoms with Crippen molar-refractivity contribution < 1.29 is 4.74 Å². The Labute approximate surface area is 96.6 Å². The highest BCUT2D eigenvalue weighted by Crippen LogP contribution is 2.18. The molecule has 1 N–H and O–H groups in total. The number of thiocarbonyl (C=S) groups is 1. The van der Waals surface area contributed by atoms with Crippen molar-refractivity contribution in [2.75, 3.05) is 18.5 Å². The van der Waals surface area contributed by atoms with E-state index < -0.39 is 0 Å². The molecular weight excluding hydrogens is 206 g/mol. The largest absolute Gasteiger partial charge is 0.485 e. The number of aryl methyl sites for hydroxylation is 2. The molecule has 0 aliphatic rings. The highest BCUT2D eigenvalue weighted by Gasteiger charge is 2.02. The van der Waals surface area contributed by atoms with Gasteiger partial charge in [-0.2, -0.15) is 0 Å². The lowest BCUT2D eigenvalue weighted by molar-refractivity contribution is 0.332. The van der Waals surface area contributed by atoms with Gasteiger partial charge in [-0.15, -0.1) is 0 Å². The van der Waals surface area contributed by atoms with E-state index in [0.29, 0.717) is 18.2 Å². The Balaban J connectivity index is 2.61. The summed E-state index contributed by atoms with van der Waals surface area (Å²) in [6.45, 7) is 7.32. The topological polar surface area (TPSA) is 21.3 Å². The van der Waals surface area contributed by atoms with Gasteiger partial charge in [0.05, 0.1) is 13.2 Å². The monoisotopic (exact) mass is 223 g/mol. The second-order valence-corrected chi connectivity index (χ2v) is 3.88. The van der Waals surface area contributed by atoms with Gasteiger partial charge in [-0.1, -0.05) is 18.2 Å². The van der Waals surface area contributed by atoms with Crippen molar-refractivity contribution in [3.05, 3.63) is 29.3 Å². The minimum atomic E-state index is 0.592. The zero-order valence-corrected chi connectivity index (χ0v) is 10.3. The van der Waals surface area contributed by atoms with E-state index in [1.807, 2.05) is 6.92 Å². The van der Waals surface area contributed by atoms with Gasteiger partial charge in [0.25, 0.3) is 0 Å². The van der Waals surface area contributed by atoms with Gasteiger partial charge in [0.2, 0.25) is 0 Å². The third-order valence-electron chi connectivity index (χ3n) is 2.20. The fourth-order valence-electron chi connectivity index (χ4n) is 1.47. The van der Waals surface area contributed by atoms with Crippen LogP contribution in [-0.2, 0) is 4.74 Å². The van der Waals surface area contributed by atoms with E-state index >= 15 is 0 Å². The number of benzene rings is 1. The van der Waals surface area contributed by atoms with Crippen LogP contribution < -0.4 is 5.32 Å². The van der Waals surface area contributed by atoms with Gasteiger partial charge in [-0.25, -0.2) is 0 Å². The quantitative estimate of drug-likeness (QED) is 0.793. The average molecular weight is 223 g/mol. The molecule has 3 heteroatoms. The number of hydrogen-bond donors (Lipinski definition) is 1. The van der Waals surface area contributed by atoms with Gasteiger partial charge >= 0.3 is 0 Å². The summed E-state index contributed by atoms with van der Waals surface area (Å²) in [5, 5.41) is 3.91. The molecule has 0 heterocycles. The number of para-hydroxylation sites is 1. The summed E-state index contributed by atoms with van der Waals surface area (Å²) in [4.78, 5) is 0. The van der Waals surface area contributed by atoms with Crippen LogP contribution in [0.5, 0.6) is 0 Å². The molecule has 0 saturated carbocycles. The zero-order valence-electron chi connectivity index (χ0n) is 9.46. The molecule has 0 amide bonds. The number of rotatable bonds is 4. The molecule has 0 atom stereocenters. The van der Waals surface area contributed by atoms with Crippen LogP contribution in [0.15, 0.2) is 18.2 Å². The van der Waals surface area contributed by atoms with E-state index in [1.54, 1.807) is 0 Å². The molecule has 1 rings (SSSR count). The van der Waals surface area contributed by atoms with E-state index in [1.165, 1.54) is 11.1 Å². The molecular formula is C12H17NOS. The Morgan fingerprint density at radius 1 is 1.33 bits per heavy atom. The molecule has 0 aromatic heterocycles. The normalized spacial score (nSPS) is 9.80. The molecule has 1 aromatic carbocycles. The van der Waals surface area contributed by atoms with Crippen LogP contribution in [0.4, 0.5) is 5.69 Å². The summed E-state index contributed by atoms with van der Waals surface area (Å²) < 4.78 is 5.21. The Morgan fingerprint density at radius 3 is 2.47 bits per heavy atom. The minimum absolute atomic E-state index is 0.592. The fourth-order valence-corrected chi connectivity index (χ4v) is 1.66. The summed E-state index contributed by atoms with van der Waals surface area (Å²) in [5.74, 6) is 0. The molecule has 0 spiro atoms. The lowest BCUT2D eigenvalue weighted by Crippen LogP contribution is -2.15. The SMILES string of the molecule is CCOC(=S)CNc1c(C)cccc1C. The van der Waals surface area contributed by atoms with Crippen molar-refractivity contribution in [3.8, 4) is 0 Å². The molecule has 0 saturated heterocycles. The Hall–Kier alpha value is -1.09. The minimum Gasteiger partial charge on any atom is -0.485 e. The van der Waals surface area contributed by atoms with Gasteiger partial charge < -0.3 is 10.1 Å². The van der Waals surface area contributed by atoms with Gasteiger partial charge in [0.1, 0.15) is 0 Å². The maximum Gasteiger partial charge on any atom is 0.178 e. The van der Waals surface area contributed by atoms with Crippen molar-refractivity contribution in [1.29, 1.82) is 0 Å². The van der Waals surface area contributed by atoms with E-state index in [2.05, 4.69) is 37.4 Å². The van der Waals surface area contributed by atoms with Crippen LogP contribution in [-0.4, -0.2) is 18.2 Å². The first-order valence-electron chi connectivity index (χ1n) is 5.11. The van der Waals surface area contributed by atoms with Crippen molar-refractivity contribution >= 4 is 23.0 Å². The van der Waals surface area contributed by atoms with Crippen LogP contribution in [0, 0.1) is 13.8 Å². The molecule has 0 fully saturated rings. The Kier molecular flexibility index (Phi) is 4.56. The van der Waals surface area contributed by atoms with E-state index in [4.69, 9.17) is 17.0 Å². The summed E-state index contributed by atoms with van der Waals surface area (Å²) in [7, 11) is 0. The average Bonchev–Trinajstić information content (AvgIpc) is 2.17. The standard InChI is InChI=1S/C12H17NOS/c1-4-14-11(15)8-13-12-9(2)6-5-7-10(12)3/h5-7,13H,4,8H2,1-3H3. The Bertz CT molecular complexity index is 329. The second-order valence-electron chi connectivity index (χ2n) is 3.43. The van der Waals surface area contributed by atoms with Gasteiger partial charge in [-0.05, 0) is 44.1 Å². The summed E-state index contributed by atoms with van der Waals surface area (Å²) in [6, 6.07) is 6.22. The first-order chi connectivity index (χ1) is 7.15. The third kappa shape index (κ3) is 3.51. The van der Waals surface area contributed by atoms with Crippen molar-refractivity contribution in [3.63, 3.8) is 0 Å². The lowest BCUT2D eigenvalue weighted by atomic mass is 10.1. The summed E-state index contributed by atoms with van der Waals surface area (Å²) in [6.07, 6.45) is 0. The van der Waals surface area contributed by atoms with E-state index in [-0.39, 0.29) is 0 Å². The molecule has 0 unspecified atom stereocenters. The molecule has 15 heavy (non-hydrogen) atoms. The zero-order chi connectivity index (χ0) is 11.3. The molecule has 1 aromatic rings. The molecule has 0 aliphatic carbocycles. The molecule has 0 radical (unpaired) electrons. The molecule has 0 aliphatic heterocycles. The maximum absolute atomic E-state index is 5.21. The van der Waals surface area contributed by atoms with Crippen LogP contribution in [0.1, 0.15) is 18.1 Å². The van der Waals surface area contributed by atoms with Crippen molar-refractivity contribution in [1.82, 2.24) is 0 Å². The van der Waals surface area contributed by atoms with Crippen molar-refractivity contribution in [2.24, 2.45) is 0 Å². The van der Waals surface area contributed by atoms with Crippen LogP contribution in [0.3, 0.4) is 0 Å². The number of nitrogens with one attached hydrogen (secondary N) is 1. The smallest absolute Gasteiger partial charge is 0.178 e. The molecule has 82 valence electrons. The third-order valence-corrected chi connectivity index (χ3v) is 2.46. The van der Waals surface area contributed by atoms with Gasteiger partial charge in [-0.3, -0.25) is 0 Å². The predicted octanol–water partition coefficient (Wildman–Crippen LogP) is 3.08.